The number of halogens is 1. The van der Waals surface area contributed by atoms with Crippen LogP contribution in [0.15, 0.2) is 22.8 Å². The lowest BCUT2D eigenvalue weighted by Crippen LogP contribution is -2.15. The van der Waals surface area contributed by atoms with E-state index in [1.165, 1.54) is 0 Å². The van der Waals surface area contributed by atoms with Crippen molar-refractivity contribution in [3.8, 4) is 0 Å². The summed E-state index contributed by atoms with van der Waals surface area (Å²) in [6, 6.07) is 3.71. The molecule has 0 fully saturated rings. The Labute approximate surface area is 88.9 Å². The van der Waals surface area contributed by atoms with Crippen LogP contribution in [-0.2, 0) is 7.05 Å². The Kier molecular flexibility index (Phi) is 2.03. The number of hydrogen-bond donors (Lipinski definition) is 1. The first-order valence-corrected chi connectivity index (χ1v) is 4.81. The van der Waals surface area contributed by atoms with E-state index in [1.54, 1.807) is 17.8 Å². The Balaban J connectivity index is 2.92. The monoisotopic (exact) mass is 253 g/mol. The van der Waals surface area contributed by atoms with Gasteiger partial charge in [-0.2, -0.15) is 0 Å². The number of carbonyl (C=O) groups is 1. The lowest BCUT2D eigenvalue weighted by molar-refractivity contribution is 0.0992. The van der Waals surface area contributed by atoms with Crippen LogP contribution in [0, 0.1) is 0 Å². The highest BCUT2D eigenvalue weighted by molar-refractivity contribution is 9.10. The molecule has 0 aliphatic rings. The van der Waals surface area contributed by atoms with Gasteiger partial charge < -0.3 is 10.3 Å². The van der Waals surface area contributed by atoms with Crippen molar-refractivity contribution in [2.75, 3.05) is 0 Å². The lowest BCUT2D eigenvalue weighted by atomic mass is 10.3. The molecule has 2 aromatic heterocycles. The first-order valence-electron chi connectivity index (χ1n) is 4.01. The summed E-state index contributed by atoms with van der Waals surface area (Å²) < 4.78 is 2.39. The molecule has 2 aromatic rings. The van der Waals surface area contributed by atoms with E-state index >= 15 is 0 Å². The van der Waals surface area contributed by atoms with Crippen LogP contribution in [0.2, 0.25) is 0 Å². The van der Waals surface area contributed by atoms with Crippen molar-refractivity contribution in [3.63, 3.8) is 0 Å². The van der Waals surface area contributed by atoms with Crippen LogP contribution in [0.3, 0.4) is 0 Å². The van der Waals surface area contributed by atoms with Gasteiger partial charge in [-0.1, -0.05) is 0 Å². The van der Waals surface area contributed by atoms with Gasteiger partial charge in [0.1, 0.15) is 11.3 Å². The molecule has 4 nitrogen and oxygen atoms in total. The summed E-state index contributed by atoms with van der Waals surface area (Å²) in [6.45, 7) is 0. The van der Waals surface area contributed by atoms with Crippen molar-refractivity contribution in [3.05, 3.63) is 28.5 Å². The second-order valence-electron chi connectivity index (χ2n) is 2.96. The zero-order valence-electron chi connectivity index (χ0n) is 7.49. The van der Waals surface area contributed by atoms with Crippen molar-refractivity contribution < 1.29 is 4.79 Å². The minimum Gasteiger partial charge on any atom is -0.364 e. The number of fused-ring (bicyclic) bond motifs is 1. The van der Waals surface area contributed by atoms with Crippen LogP contribution in [0.4, 0.5) is 0 Å². The minimum absolute atomic E-state index is 0.443. The topological polar surface area (TPSA) is 60.9 Å². The van der Waals surface area contributed by atoms with Crippen molar-refractivity contribution in [1.82, 2.24) is 9.55 Å². The fourth-order valence-electron chi connectivity index (χ4n) is 1.49. The average Bonchev–Trinajstić information content (AvgIpc) is 2.41. The molecular formula is C9H8BrN3O. The number of aromatic nitrogens is 2. The molecule has 0 saturated carbocycles. The minimum atomic E-state index is -0.461. The molecule has 14 heavy (non-hydrogen) atoms. The third-order valence-electron chi connectivity index (χ3n) is 2.12. The molecule has 2 heterocycles. The van der Waals surface area contributed by atoms with E-state index in [9.17, 15) is 4.79 Å². The molecule has 0 bridgehead atoms. The van der Waals surface area contributed by atoms with E-state index in [-0.39, 0.29) is 0 Å². The van der Waals surface area contributed by atoms with Gasteiger partial charge in [-0.15, -0.1) is 0 Å². The average molecular weight is 254 g/mol. The van der Waals surface area contributed by atoms with Gasteiger partial charge in [0.25, 0.3) is 5.91 Å². The number of nitrogens with two attached hydrogens (primary N) is 1. The van der Waals surface area contributed by atoms with Crippen LogP contribution in [0.1, 0.15) is 10.5 Å². The third kappa shape index (κ3) is 1.13. The Morgan fingerprint density at radius 1 is 1.64 bits per heavy atom. The SMILES string of the molecule is Cn1c(C(N)=O)c(Br)c2cccnc21. The largest absolute Gasteiger partial charge is 0.364 e. The zero-order chi connectivity index (χ0) is 10.3. The van der Waals surface area contributed by atoms with E-state index in [4.69, 9.17) is 5.73 Å². The van der Waals surface area contributed by atoms with Gasteiger partial charge in [0.05, 0.1) is 4.47 Å². The highest BCUT2D eigenvalue weighted by atomic mass is 79.9. The summed E-state index contributed by atoms with van der Waals surface area (Å²) in [5.74, 6) is -0.461. The van der Waals surface area contributed by atoms with Gasteiger partial charge in [-0.3, -0.25) is 4.79 Å². The second-order valence-corrected chi connectivity index (χ2v) is 3.75. The van der Waals surface area contributed by atoms with Gasteiger partial charge >= 0.3 is 0 Å². The summed E-state index contributed by atoms with van der Waals surface area (Å²) in [5, 5.41) is 0.892. The number of primary amides is 1. The van der Waals surface area contributed by atoms with Crippen LogP contribution >= 0.6 is 15.9 Å². The van der Waals surface area contributed by atoms with Gasteiger partial charge in [-0.25, -0.2) is 4.98 Å². The Bertz CT molecular complexity index is 479. The number of hydrogen-bond acceptors (Lipinski definition) is 2. The Morgan fingerprint density at radius 3 is 2.93 bits per heavy atom. The predicted molar refractivity (Wildman–Crippen MR) is 56.9 cm³/mol. The van der Waals surface area contributed by atoms with E-state index in [0.717, 1.165) is 11.0 Å². The molecule has 0 radical (unpaired) electrons. The third-order valence-corrected chi connectivity index (χ3v) is 2.92. The van der Waals surface area contributed by atoms with E-state index in [2.05, 4.69) is 20.9 Å². The smallest absolute Gasteiger partial charge is 0.266 e. The molecule has 0 atom stereocenters. The summed E-state index contributed by atoms with van der Waals surface area (Å²) in [7, 11) is 1.76. The number of pyridine rings is 1. The molecule has 1 amide bonds. The predicted octanol–water partition coefficient (Wildman–Crippen LogP) is 1.43. The van der Waals surface area contributed by atoms with E-state index in [0.29, 0.717) is 10.2 Å². The highest BCUT2D eigenvalue weighted by Gasteiger charge is 2.17. The summed E-state index contributed by atoms with van der Waals surface area (Å²) in [4.78, 5) is 15.3. The molecule has 0 aliphatic carbocycles. The number of rotatable bonds is 1. The highest BCUT2D eigenvalue weighted by Crippen LogP contribution is 2.28. The van der Waals surface area contributed by atoms with Crippen LogP contribution < -0.4 is 5.73 Å². The fourth-order valence-corrected chi connectivity index (χ4v) is 2.26. The molecule has 0 aliphatic heterocycles. The first kappa shape index (κ1) is 9.21. The Hall–Kier alpha value is -1.36. The molecule has 0 unspecified atom stereocenters. The van der Waals surface area contributed by atoms with Gasteiger partial charge in [-0.05, 0) is 28.1 Å². The standard InChI is InChI=1S/C9H8BrN3O/c1-13-7(8(11)14)6(10)5-3-2-4-12-9(5)13/h2-4H,1H3,(H2,11,14). The van der Waals surface area contributed by atoms with Crippen LogP contribution in [0.25, 0.3) is 11.0 Å². The van der Waals surface area contributed by atoms with Crippen LogP contribution in [0.5, 0.6) is 0 Å². The first-order chi connectivity index (χ1) is 6.63. The van der Waals surface area contributed by atoms with E-state index in [1.807, 2.05) is 12.1 Å². The van der Waals surface area contributed by atoms with Crippen molar-refractivity contribution in [2.24, 2.45) is 12.8 Å². The summed E-state index contributed by atoms with van der Waals surface area (Å²) in [5.41, 5.74) is 6.45. The number of amides is 1. The maximum atomic E-state index is 11.2. The molecule has 72 valence electrons. The summed E-state index contributed by atoms with van der Waals surface area (Å²) in [6.07, 6.45) is 1.68. The van der Waals surface area contributed by atoms with Gasteiger partial charge in [0.15, 0.2) is 0 Å². The second kappa shape index (κ2) is 3.09. The number of carbonyl (C=O) groups excluding carboxylic acids is 1. The molecular weight excluding hydrogens is 246 g/mol. The Morgan fingerprint density at radius 2 is 2.36 bits per heavy atom. The van der Waals surface area contributed by atoms with Gasteiger partial charge in [0.2, 0.25) is 0 Å². The van der Waals surface area contributed by atoms with Gasteiger partial charge in [0, 0.05) is 18.6 Å². The molecule has 0 saturated heterocycles. The number of nitrogens with zero attached hydrogens (tertiary/aromatic N) is 2. The molecule has 0 spiro atoms. The van der Waals surface area contributed by atoms with Crippen molar-refractivity contribution in [1.29, 1.82) is 0 Å². The fraction of sp³-hybridized carbons (Fsp3) is 0.111. The molecule has 5 heteroatoms. The molecule has 2 rings (SSSR count). The van der Waals surface area contributed by atoms with Crippen LogP contribution in [-0.4, -0.2) is 15.5 Å². The zero-order valence-corrected chi connectivity index (χ0v) is 9.08. The molecule has 0 aromatic carbocycles. The van der Waals surface area contributed by atoms with Crippen molar-refractivity contribution in [2.45, 2.75) is 0 Å². The quantitative estimate of drug-likeness (QED) is 0.836. The maximum absolute atomic E-state index is 11.2. The maximum Gasteiger partial charge on any atom is 0.266 e. The summed E-state index contributed by atoms with van der Waals surface area (Å²) >= 11 is 3.34. The number of aryl methyl sites for hydroxylation is 1. The van der Waals surface area contributed by atoms with E-state index < -0.39 is 5.91 Å². The van der Waals surface area contributed by atoms with Crippen molar-refractivity contribution >= 4 is 32.9 Å². The lowest BCUT2D eigenvalue weighted by Gasteiger charge is -1.98. The molecule has 2 N–H and O–H groups in total. The normalized spacial score (nSPS) is 10.7.